The van der Waals surface area contributed by atoms with Crippen LogP contribution in [0.5, 0.6) is 5.75 Å². The van der Waals surface area contributed by atoms with Gasteiger partial charge in [-0.25, -0.2) is 4.79 Å². The van der Waals surface area contributed by atoms with Gasteiger partial charge in [-0.2, -0.15) is 0 Å². The molecule has 0 unspecified atom stereocenters. The maximum Gasteiger partial charge on any atom is 0.410 e. The lowest BCUT2D eigenvalue weighted by Gasteiger charge is -2.19. The largest absolute Gasteiger partial charge is 0.491 e. The predicted octanol–water partition coefficient (Wildman–Crippen LogP) is 2.80. The lowest BCUT2D eigenvalue weighted by atomic mass is 10.1. The highest BCUT2D eigenvalue weighted by molar-refractivity contribution is 5.68. The molecule has 22 heavy (non-hydrogen) atoms. The Labute approximate surface area is 129 Å². The van der Waals surface area contributed by atoms with Crippen molar-refractivity contribution in [3.63, 3.8) is 0 Å². The van der Waals surface area contributed by atoms with Crippen LogP contribution in [0, 0.1) is 0 Å². The van der Waals surface area contributed by atoms with Crippen LogP contribution < -0.4 is 10.5 Å². The van der Waals surface area contributed by atoms with Gasteiger partial charge < -0.3 is 20.1 Å². The van der Waals surface area contributed by atoms with E-state index in [0.717, 1.165) is 16.9 Å². The van der Waals surface area contributed by atoms with E-state index in [0.29, 0.717) is 25.4 Å². The molecule has 0 atom stereocenters. The molecule has 2 aromatic carbocycles. The van der Waals surface area contributed by atoms with Crippen molar-refractivity contribution in [3.8, 4) is 5.75 Å². The number of benzene rings is 2. The monoisotopic (exact) mass is 298 g/mol. The van der Waals surface area contributed by atoms with Crippen LogP contribution in [-0.4, -0.2) is 24.1 Å². The Morgan fingerprint density at radius 3 is 2.86 bits per heavy atom. The fourth-order valence-corrected chi connectivity index (χ4v) is 2.38. The summed E-state index contributed by atoms with van der Waals surface area (Å²) in [6, 6.07) is 15.1. The number of carbonyl (C=O) groups is 1. The summed E-state index contributed by atoms with van der Waals surface area (Å²) in [5, 5.41) is 0. The van der Waals surface area contributed by atoms with E-state index in [1.165, 1.54) is 0 Å². The van der Waals surface area contributed by atoms with E-state index >= 15 is 0 Å². The lowest BCUT2D eigenvalue weighted by Crippen LogP contribution is -2.32. The molecule has 0 aromatic heterocycles. The molecule has 1 aliphatic rings. The van der Waals surface area contributed by atoms with Crippen LogP contribution in [-0.2, 0) is 17.9 Å². The molecular formula is C17H18N2O3. The van der Waals surface area contributed by atoms with Crippen LogP contribution in [0.1, 0.15) is 11.1 Å². The van der Waals surface area contributed by atoms with Crippen LogP contribution in [0.4, 0.5) is 10.5 Å². The van der Waals surface area contributed by atoms with Gasteiger partial charge in [-0.05, 0) is 23.8 Å². The molecule has 0 saturated carbocycles. The van der Waals surface area contributed by atoms with E-state index in [2.05, 4.69) is 0 Å². The molecular weight excluding hydrogens is 280 g/mol. The molecule has 0 aliphatic carbocycles. The number of amides is 1. The van der Waals surface area contributed by atoms with Crippen molar-refractivity contribution in [1.29, 1.82) is 0 Å². The summed E-state index contributed by atoms with van der Waals surface area (Å²) in [4.78, 5) is 13.9. The van der Waals surface area contributed by atoms with Gasteiger partial charge >= 0.3 is 6.09 Å². The van der Waals surface area contributed by atoms with Gasteiger partial charge in [-0.3, -0.25) is 0 Å². The zero-order valence-corrected chi connectivity index (χ0v) is 12.2. The molecule has 0 radical (unpaired) electrons. The smallest absolute Gasteiger partial charge is 0.410 e. The number of fused-ring (bicyclic) bond motifs is 1. The molecule has 1 heterocycles. The Morgan fingerprint density at radius 2 is 2.05 bits per heavy atom. The molecule has 3 rings (SSSR count). The average molecular weight is 298 g/mol. The molecule has 2 N–H and O–H groups in total. The van der Waals surface area contributed by atoms with Gasteiger partial charge in [0.15, 0.2) is 0 Å². The van der Waals surface area contributed by atoms with Gasteiger partial charge in [-0.15, -0.1) is 0 Å². The highest BCUT2D eigenvalue weighted by atomic mass is 16.6. The van der Waals surface area contributed by atoms with E-state index in [1.807, 2.05) is 42.5 Å². The number of carbonyl (C=O) groups excluding carboxylic acids is 1. The molecule has 5 heteroatoms. The highest BCUT2D eigenvalue weighted by Crippen LogP contribution is 2.25. The summed E-state index contributed by atoms with van der Waals surface area (Å²) in [6.45, 7) is 1.63. The number of ether oxygens (including phenoxy) is 2. The fourth-order valence-electron chi connectivity index (χ4n) is 2.38. The second-order valence-corrected chi connectivity index (χ2v) is 5.18. The molecule has 0 saturated heterocycles. The number of anilines is 1. The molecule has 2 aromatic rings. The van der Waals surface area contributed by atoms with E-state index < -0.39 is 0 Å². The van der Waals surface area contributed by atoms with Crippen molar-refractivity contribution >= 4 is 11.8 Å². The first-order valence-electron chi connectivity index (χ1n) is 7.19. The van der Waals surface area contributed by atoms with Crippen LogP contribution >= 0.6 is 0 Å². The third kappa shape index (κ3) is 3.31. The molecule has 114 valence electrons. The van der Waals surface area contributed by atoms with Crippen LogP contribution in [0.2, 0.25) is 0 Å². The lowest BCUT2D eigenvalue weighted by molar-refractivity contribution is 0.0913. The Morgan fingerprint density at radius 1 is 1.23 bits per heavy atom. The minimum atomic E-state index is -0.345. The van der Waals surface area contributed by atoms with Crippen molar-refractivity contribution in [3.05, 3.63) is 59.7 Å². The first-order chi connectivity index (χ1) is 10.7. The molecule has 1 aliphatic heterocycles. The van der Waals surface area contributed by atoms with Gasteiger partial charge in [0.1, 0.15) is 19.0 Å². The minimum absolute atomic E-state index is 0.265. The van der Waals surface area contributed by atoms with Crippen molar-refractivity contribution in [2.45, 2.75) is 13.2 Å². The van der Waals surface area contributed by atoms with Crippen molar-refractivity contribution in [2.24, 2.45) is 0 Å². The van der Waals surface area contributed by atoms with Gasteiger partial charge in [-0.1, -0.05) is 30.3 Å². The van der Waals surface area contributed by atoms with Crippen molar-refractivity contribution in [1.82, 2.24) is 4.90 Å². The fraction of sp³-hybridized carbons (Fsp3) is 0.235. The van der Waals surface area contributed by atoms with Crippen LogP contribution in [0.15, 0.2) is 48.5 Å². The number of nitrogen functional groups attached to an aromatic ring is 1. The normalized spacial score (nSPS) is 13.7. The SMILES string of the molecule is Nc1ccc2c(c1)CN(C(=O)OCc1ccccc1)CCO2. The summed E-state index contributed by atoms with van der Waals surface area (Å²) >= 11 is 0. The topological polar surface area (TPSA) is 64.8 Å². The Hall–Kier alpha value is -2.69. The molecule has 1 amide bonds. The molecule has 0 spiro atoms. The minimum Gasteiger partial charge on any atom is -0.491 e. The van der Waals surface area contributed by atoms with Gasteiger partial charge in [0.05, 0.1) is 13.1 Å². The number of hydrogen-bond acceptors (Lipinski definition) is 4. The summed E-state index contributed by atoms with van der Waals surface area (Å²) in [5.41, 5.74) is 8.32. The standard InChI is InChI=1S/C17H18N2O3/c18-15-6-7-16-14(10-15)11-19(8-9-21-16)17(20)22-12-13-4-2-1-3-5-13/h1-7,10H,8-9,11-12,18H2. The summed E-state index contributed by atoms with van der Waals surface area (Å²) in [5.74, 6) is 0.771. The Bertz CT molecular complexity index is 658. The molecule has 0 bridgehead atoms. The average Bonchev–Trinajstić information content (AvgIpc) is 2.75. The third-order valence-corrected chi connectivity index (χ3v) is 3.53. The van der Waals surface area contributed by atoms with Crippen molar-refractivity contribution in [2.75, 3.05) is 18.9 Å². The van der Waals surface area contributed by atoms with Gasteiger partial charge in [0.2, 0.25) is 0 Å². The van der Waals surface area contributed by atoms with E-state index in [1.54, 1.807) is 11.0 Å². The molecule has 0 fully saturated rings. The van der Waals surface area contributed by atoms with E-state index in [9.17, 15) is 4.79 Å². The number of rotatable bonds is 2. The summed E-state index contributed by atoms with van der Waals surface area (Å²) < 4.78 is 11.0. The third-order valence-electron chi connectivity index (χ3n) is 3.53. The Balaban J connectivity index is 1.65. The highest BCUT2D eigenvalue weighted by Gasteiger charge is 2.21. The number of nitrogens with zero attached hydrogens (tertiary/aromatic N) is 1. The Kier molecular flexibility index (Phi) is 4.14. The first-order valence-corrected chi connectivity index (χ1v) is 7.19. The predicted molar refractivity (Wildman–Crippen MR) is 83.4 cm³/mol. The summed E-state index contributed by atoms with van der Waals surface area (Å²) in [7, 11) is 0. The van der Waals surface area contributed by atoms with Crippen LogP contribution in [0.3, 0.4) is 0 Å². The quantitative estimate of drug-likeness (QED) is 0.866. The number of hydrogen-bond donors (Lipinski definition) is 1. The van der Waals surface area contributed by atoms with Crippen molar-refractivity contribution < 1.29 is 14.3 Å². The zero-order valence-electron chi connectivity index (χ0n) is 12.2. The maximum absolute atomic E-state index is 12.2. The second-order valence-electron chi connectivity index (χ2n) is 5.18. The maximum atomic E-state index is 12.2. The first kappa shape index (κ1) is 14.3. The van der Waals surface area contributed by atoms with Crippen LogP contribution in [0.25, 0.3) is 0 Å². The molecule has 5 nitrogen and oxygen atoms in total. The van der Waals surface area contributed by atoms with E-state index in [4.69, 9.17) is 15.2 Å². The zero-order chi connectivity index (χ0) is 15.4. The second kappa shape index (κ2) is 6.39. The number of nitrogens with two attached hydrogens (primary N) is 1. The van der Waals surface area contributed by atoms with E-state index in [-0.39, 0.29) is 12.7 Å². The van der Waals surface area contributed by atoms with Gasteiger partial charge in [0.25, 0.3) is 0 Å². The van der Waals surface area contributed by atoms with Gasteiger partial charge in [0, 0.05) is 11.3 Å². The summed E-state index contributed by atoms with van der Waals surface area (Å²) in [6.07, 6.45) is -0.345.